The highest BCUT2D eigenvalue weighted by molar-refractivity contribution is 5.74. The van der Waals surface area contributed by atoms with E-state index in [9.17, 15) is 9.59 Å². The molecule has 6 nitrogen and oxygen atoms in total. The minimum absolute atomic E-state index is 0.106. The highest BCUT2D eigenvalue weighted by Crippen LogP contribution is 2.15. The lowest BCUT2D eigenvalue weighted by Crippen LogP contribution is -2.38. The molecule has 0 fully saturated rings. The number of carbonyl (C=O) groups is 2. The summed E-state index contributed by atoms with van der Waals surface area (Å²) in [6, 6.07) is -0.106. The van der Waals surface area contributed by atoms with Crippen molar-refractivity contribution in [1.29, 1.82) is 0 Å². The molecular weight excluding hydrogens is 306 g/mol. The fourth-order valence-electron chi connectivity index (χ4n) is 1.75. The first-order valence-electron chi connectivity index (χ1n) is 8.94. The molecule has 0 saturated carbocycles. The number of carbonyl (C=O) groups excluding carboxylic acids is 2. The summed E-state index contributed by atoms with van der Waals surface area (Å²) >= 11 is 0. The van der Waals surface area contributed by atoms with E-state index in [4.69, 9.17) is 10.5 Å². The number of ether oxygens (including phenoxy) is 1. The van der Waals surface area contributed by atoms with Gasteiger partial charge in [0.1, 0.15) is 0 Å². The van der Waals surface area contributed by atoms with E-state index in [2.05, 4.69) is 38.3 Å². The number of amides is 3. The largest absolute Gasteiger partial charge is 0.375 e. The van der Waals surface area contributed by atoms with Crippen molar-refractivity contribution in [3.63, 3.8) is 0 Å². The Bertz CT molecular complexity index is 342. The van der Waals surface area contributed by atoms with Gasteiger partial charge in [0.25, 0.3) is 0 Å². The van der Waals surface area contributed by atoms with Crippen LogP contribution in [0.5, 0.6) is 0 Å². The van der Waals surface area contributed by atoms with Crippen molar-refractivity contribution < 1.29 is 14.3 Å². The highest BCUT2D eigenvalue weighted by atomic mass is 16.5. The molecule has 144 valence electrons. The lowest BCUT2D eigenvalue weighted by atomic mass is 10.0. The number of primary amides is 1. The molecule has 0 aromatic heterocycles. The van der Waals surface area contributed by atoms with Crippen molar-refractivity contribution in [2.75, 3.05) is 19.7 Å². The van der Waals surface area contributed by atoms with Gasteiger partial charge in [-0.25, -0.2) is 4.79 Å². The molecule has 0 spiro atoms. The van der Waals surface area contributed by atoms with Crippen LogP contribution in [-0.4, -0.2) is 37.2 Å². The van der Waals surface area contributed by atoms with Crippen molar-refractivity contribution in [3.8, 4) is 0 Å². The Morgan fingerprint density at radius 2 is 1.67 bits per heavy atom. The van der Waals surface area contributed by atoms with Crippen molar-refractivity contribution in [2.24, 2.45) is 17.6 Å². The average molecular weight is 346 g/mol. The molecular formula is C18H39N3O3. The molecule has 0 aromatic carbocycles. The van der Waals surface area contributed by atoms with Crippen molar-refractivity contribution >= 4 is 11.9 Å². The Hall–Kier alpha value is -1.30. The van der Waals surface area contributed by atoms with Gasteiger partial charge in [0.2, 0.25) is 5.91 Å². The number of nitrogens with two attached hydrogens (primary N) is 1. The zero-order chi connectivity index (χ0) is 19.2. The van der Waals surface area contributed by atoms with Gasteiger partial charge in [0.05, 0.1) is 5.60 Å². The van der Waals surface area contributed by atoms with Crippen LogP contribution in [0.25, 0.3) is 0 Å². The SMILES string of the molecule is CC(C)CC(N)=O.CCNC(=O)NCCC(C)(C)OCCC(C)C. The summed E-state index contributed by atoms with van der Waals surface area (Å²) in [5.41, 5.74) is 4.68. The van der Waals surface area contributed by atoms with Crippen LogP contribution in [0.1, 0.15) is 67.7 Å². The molecule has 0 saturated heterocycles. The summed E-state index contributed by atoms with van der Waals surface area (Å²) in [5, 5.41) is 5.51. The second-order valence-electron chi connectivity index (χ2n) is 7.39. The Kier molecular flexibility index (Phi) is 14.6. The van der Waals surface area contributed by atoms with Gasteiger partial charge in [-0.2, -0.15) is 0 Å². The van der Waals surface area contributed by atoms with Gasteiger partial charge < -0.3 is 21.1 Å². The normalized spacial score (nSPS) is 11.0. The summed E-state index contributed by atoms with van der Waals surface area (Å²) in [4.78, 5) is 21.2. The number of hydrogen-bond donors (Lipinski definition) is 3. The molecule has 0 heterocycles. The smallest absolute Gasteiger partial charge is 0.314 e. The van der Waals surface area contributed by atoms with Crippen molar-refractivity contribution in [2.45, 2.75) is 73.3 Å². The van der Waals surface area contributed by atoms with E-state index >= 15 is 0 Å². The molecule has 0 aliphatic rings. The van der Waals surface area contributed by atoms with Gasteiger partial charge in [-0.1, -0.05) is 27.7 Å². The van der Waals surface area contributed by atoms with E-state index in [1.54, 1.807) is 0 Å². The van der Waals surface area contributed by atoms with Crippen LogP contribution in [0.3, 0.4) is 0 Å². The van der Waals surface area contributed by atoms with Crippen LogP contribution in [0.4, 0.5) is 4.79 Å². The maximum atomic E-state index is 11.2. The van der Waals surface area contributed by atoms with Gasteiger partial charge in [0, 0.05) is 26.1 Å². The third-order valence-electron chi connectivity index (χ3n) is 3.15. The Morgan fingerprint density at radius 3 is 2.04 bits per heavy atom. The molecule has 6 heteroatoms. The van der Waals surface area contributed by atoms with Crippen LogP contribution < -0.4 is 16.4 Å². The van der Waals surface area contributed by atoms with E-state index in [1.807, 2.05) is 20.8 Å². The minimum Gasteiger partial charge on any atom is -0.375 e. The van der Waals surface area contributed by atoms with Gasteiger partial charge in [0.15, 0.2) is 0 Å². The van der Waals surface area contributed by atoms with E-state index in [0.717, 1.165) is 19.4 Å². The van der Waals surface area contributed by atoms with E-state index < -0.39 is 0 Å². The average Bonchev–Trinajstić information content (AvgIpc) is 2.36. The summed E-state index contributed by atoms with van der Waals surface area (Å²) in [7, 11) is 0. The molecule has 24 heavy (non-hydrogen) atoms. The first-order valence-corrected chi connectivity index (χ1v) is 8.94. The lowest BCUT2D eigenvalue weighted by molar-refractivity contribution is -0.118. The Labute approximate surface area is 148 Å². The summed E-state index contributed by atoms with van der Waals surface area (Å²) in [6.45, 7) is 16.4. The second kappa shape index (κ2) is 14.1. The molecule has 0 aliphatic carbocycles. The molecule has 0 aromatic rings. The fraction of sp³-hybridized carbons (Fsp3) is 0.889. The van der Waals surface area contributed by atoms with Crippen LogP contribution in [0.2, 0.25) is 0 Å². The highest BCUT2D eigenvalue weighted by Gasteiger charge is 2.18. The lowest BCUT2D eigenvalue weighted by Gasteiger charge is -2.26. The van der Waals surface area contributed by atoms with Crippen LogP contribution in [-0.2, 0) is 9.53 Å². The van der Waals surface area contributed by atoms with Gasteiger partial charge in [-0.3, -0.25) is 4.79 Å². The maximum absolute atomic E-state index is 11.2. The molecule has 0 radical (unpaired) electrons. The second-order valence-corrected chi connectivity index (χ2v) is 7.39. The third kappa shape index (κ3) is 20.7. The monoisotopic (exact) mass is 345 g/mol. The predicted octanol–water partition coefficient (Wildman–Crippen LogP) is 3.05. The summed E-state index contributed by atoms with van der Waals surface area (Å²) in [5.74, 6) is 0.853. The quantitative estimate of drug-likeness (QED) is 0.568. The molecule has 0 atom stereocenters. The zero-order valence-corrected chi connectivity index (χ0v) is 16.7. The molecule has 0 unspecified atom stereocenters. The number of urea groups is 1. The molecule has 4 N–H and O–H groups in total. The van der Waals surface area contributed by atoms with Crippen LogP contribution >= 0.6 is 0 Å². The standard InChI is InChI=1S/C13H28N2O2.C5H11NO/c1-6-14-12(16)15-9-8-13(4,5)17-10-7-11(2)3;1-4(2)3-5(6)7/h11H,6-10H2,1-5H3,(H2,14,15,16);4H,3H2,1-2H3,(H2,6,7). The van der Waals surface area contributed by atoms with Crippen LogP contribution in [0.15, 0.2) is 0 Å². The van der Waals surface area contributed by atoms with Crippen molar-refractivity contribution in [1.82, 2.24) is 10.6 Å². The van der Waals surface area contributed by atoms with E-state index in [0.29, 0.717) is 31.3 Å². The summed E-state index contributed by atoms with van der Waals surface area (Å²) < 4.78 is 5.81. The number of rotatable bonds is 10. The van der Waals surface area contributed by atoms with Crippen LogP contribution in [0, 0.1) is 11.8 Å². The number of nitrogens with one attached hydrogen (secondary N) is 2. The van der Waals surface area contributed by atoms with Gasteiger partial charge >= 0.3 is 6.03 Å². The molecule has 0 aliphatic heterocycles. The topological polar surface area (TPSA) is 93.5 Å². The first kappa shape index (κ1) is 24.9. The Morgan fingerprint density at radius 1 is 1.08 bits per heavy atom. The Balaban J connectivity index is 0. The zero-order valence-electron chi connectivity index (χ0n) is 16.7. The summed E-state index contributed by atoms with van der Waals surface area (Å²) in [6.07, 6.45) is 2.40. The number of hydrogen-bond acceptors (Lipinski definition) is 3. The predicted molar refractivity (Wildman–Crippen MR) is 99.8 cm³/mol. The van der Waals surface area contributed by atoms with Crippen molar-refractivity contribution in [3.05, 3.63) is 0 Å². The van der Waals surface area contributed by atoms with Gasteiger partial charge in [-0.05, 0) is 45.4 Å². The molecule has 0 bridgehead atoms. The third-order valence-corrected chi connectivity index (χ3v) is 3.15. The fourth-order valence-corrected chi connectivity index (χ4v) is 1.75. The van der Waals surface area contributed by atoms with E-state index in [1.165, 1.54) is 0 Å². The molecule has 3 amide bonds. The van der Waals surface area contributed by atoms with E-state index in [-0.39, 0.29) is 17.5 Å². The van der Waals surface area contributed by atoms with Gasteiger partial charge in [-0.15, -0.1) is 0 Å². The minimum atomic E-state index is -0.213. The molecule has 0 rings (SSSR count). The first-order chi connectivity index (χ1) is 11.0. The maximum Gasteiger partial charge on any atom is 0.314 e.